The summed E-state index contributed by atoms with van der Waals surface area (Å²) in [6, 6.07) is 16.0. The molecule has 0 aliphatic heterocycles. The zero-order chi connectivity index (χ0) is 19.0. The number of aromatic amines is 2. The number of carbonyl (C=O) groups excluding carboxylic acids is 1. The van der Waals surface area contributed by atoms with Gasteiger partial charge in [0, 0.05) is 21.7 Å². The maximum Gasteiger partial charge on any atom is 0.323 e. The van der Waals surface area contributed by atoms with Crippen LogP contribution in [0.5, 0.6) is 0 Å². The first-order chi connectivity index (χ1) is 13.0. The van der Waals surface area contributed by atoms with Gasteiger partial charge in [0.25, 0.3) is 5.91 Å². The minimum atomic E-state index is -0.337. The van der Waals surface area contributed by atoms with Crippen LogP contribution in [0.15, 0.2) is 59.4 Å². The summed E-state index contributed by atoms with van der Waals surface area (Å²) in [5.74, 6) is -0.337. The topological polar surface area (TPSA) is 89.8 Å². The average Bonchev–Trinajstić information content (AvgIpc) is 3.00. The van der Waals surface area contributed by atoms with E-state index in [1.807, 2.05) is 12.1 Å². The number of H-pyrrole nitrogens is 2. The minimum Gasteiger partial charge on any atom is -0.332 e. The molecule has 6 nitrogen and oxygen atoms in total. The van der Waals surface area contributed by atoms with E-state index in [0.717, 1.165) is 10.8 Å². The quantitative estimate of drug-likeness (QED) is 0.388. The second-order valence-corrected chi connectivity index (χ2v) is 6.70. The molecule has 0 spiro atoms. The van der Waals surface area contributed by atoms with Crippen molar-refractivity contribution in [2.45, 2.75) is 0 Å². The molecule has 27 heavy (non-hydrogen) atoms. The van der Waals surface area contributed by atoms with Gasteiger partial charge in [0.2, 0.25) is 0 Å². The van der Waals surface area contributed by atoms with Crippen molar-refractivity contribution >= 4 is 62.3 Å². The van der Waals surface area contributed by atoms with E-state index in [2.05, 4.69) is 20.6 Å². The molecule has 0 saturated heterocycles. The molecule has 1 aromatic heterocycles. The van der Waals surface area contributed by atoms with Crippen molar-refractivity contribution in [1.82, 2.24) is 15.3 Å². The van der Waals surface area contributed by atoms with Crippen molar-refractivity contribution in [2.24, 2.45) is 0 Å². The first kappa shape index (κ1) is 17.3. The normalized spacial score (nSPS) is 10.9. The van der Waals surface area contributed by atoms with E-state index in [1.165, 1.54) is 0 Å². The molecule has 0 unspecified atom stereocenters. The molecule has 4 aromatic rings. The number of thiocarbonyl (C=S) groups is 1. The zero-order valence-corrected chi connectivity index (χ0v) is 15.4. The second-order valence-electron chi connectivity index (χ2n) is 5.89. The molecule has 0 fully saturated rings. The summed E-state index contributed by atoms with van der Waals surface area (Å²) in [6.45, 7) is 0. The summed E-state index contributed by atoms with van der Waals surface area (Å²) in [5, 5.41) is 7.88. The van der Waals surface area contributed by atoms with Crippen LogP contribution >= 0.6 is 23.8 Å². The summed E-state index contributed by atoms with van der Waals surface area (Å²) in [6.07, 6.45) is 0. The van der Waals surface area contributed by atoms with Crippen molar-refractivity contribution in [3.05, 3.63) is 75.7 Å². The van der Waals surface area contributed by atoms with Gasteiger partial charge in [-0.3, -0.25) is 10.1 Å². The Morgan fingerprint density at radius 2 is 1.70 bits per heavy atom. The summed E-state index contributed by atoms with van der Waals surface area (Å²) < 4.78 is 0. The summed E-state index contributed by atoms with van der Waals surface area (Å²) in [5.41, 5.74) is 2.16. The third-order valence-electron chi connectivity index (χ3n) is 4.11. The highest BCUT2D eigenvalue weighted by atomic mass is 35.5. The van der Waals surface area contributed by atoms with Gasteiger partial charge in [-0.15, -0.1) is 0 Å². The maximum atomic E-state index is 12.7. The Hall–Kier alpha value is -3.16. The van der Waals surface area contributed by atoms with E-state index in [-0.39, 0.29) is 16.7 Å². The average molecular weight is 397 g/mol. The van der Waals surface area contributed by atoms with Gasteiger partial charge in [0.1, 0.15) is 0 Å². The fraction of sp³-hybridized carbons (Fsp3) is 0. The third-order valence-corrected chi connectivity index (χ3v) is 4.65. The van der Waals surface area contributed by atoms with Gasteiger partial charge in [0.15, 0.2) is 5.11 Å². The number of hydrogen-bond donors (Lipinski definition) is 4. The fourth-order valence-corrected chi connectivity index (χ4v) is 3.36. The molecular formula is C19H13ClN4O2S. The number of fused-ring (bicyclic) bond motifs is 2. The van der Waals surface area contributed by atoms with E-state index in [4.69, 9.17) is 23.8 Å². The molecule has 1 amide bonds. The van der Waals surface area contributed by atoms with Crippen LogP contribution < -0.4 is 16.3 Å². The van der Waals surface area contributed by atoms with Crippen molar-refractivity contribution in [2.75, 3.05) is 5.32 Å². The van der Waals surface area contributed by atoms with E-state index < -0.39 is 0 Å². The van der Waals surface area contributed by atoms with Crippen LogP contribution in [0.4, 0.5) is 5.69 Å². The van der Waals surface area contributed by atoms with Crippen molar-refractivity contribution < 1.29 is 4.79 Å². The fourth-order valence-electron chi connectivity index (χ4n) is 2.91. The Morgan fingerprint density at radius 3 is 2.56 bits per heavy atom. The number of aromatic nitrogens is 2. The number of amides is 1. The molecule has 0 radical (unpaired) electrons. The Kier molecular flexibility index (Phi) is 4.39. The number of halogens is 1. The van der Waals surface area contributed by atoms with Crippen LogP contribution in [-0.4, -0.2) is 21.0 Å². The molecule has 3 aromatic carbocycles. The number of nitrogens with one attached hydrogen (secondary N) is 4. The van der Waals surface area contributed by atoms with Crippen LogP contribution in [0, 0.1) is 0 Å². The number of imidazole rings is 1. The molecule has 4 rings (SSSR count). The van der Waals surface area contributed by atoms with E-state index in [9.17, 15) is 9.59 Å². The van der Waals surface area contributed by atoms with Crippen LogP contribution in [0.2, 0.25) is 5.02 Å². The van der Waals surface area contributed by atoms with E-state index in [0.29, 0.717) is 27.3 Å². The molecule has 4 N–H and O–H groups in total. The lowest BCUT2D eigenvalue weighted by Crippen LogP contribution is -2.34. The van der Waals surface area contributed by atoms with Gasteiger partial charge in [0.05, 0.1) is 11.0 Å². The van der Waals surface area contributed by atoms with Crippen molar-refractivity contribution in [3.8, 4) is 0 Å². The highest BCUT2D eigenvalue weighted by Crippen LogP contribution is 2.26. The first-order valence-electron chi connectivity index (χ1n) is 8.03. The van der Waals surface area contributed by atoms with Gasteiger partial charge in [-0.25, -0.2) is 4.79 Å². The second kappa shape index (κ2) is 6.86. The molecule has 0 atom stereocenters. The minimum absolute atomic E-state index is 0.149. The van der Waals surface area contributed by atoms with E-state index in [1.54, 1.807) is 42.5 Å². The number of hydrogen-bond acceptors (Lipinski definition) is 3. The highest BCUT2D eigenvalue weighted by Gasteiger charge is 2.13. The lowest BCUT2D eigenvalue weighted by Gasteiger charge is -2.11. The summed E-state index contributed by atoms with van der Waals surface area (Å²) in [4.78, 5) is 29.3. The highest BCUT2D eigenvalue weighted by molar-refractivity contribution is 7.80. The predicted molar refractivity (Wildman–Crippen MR) is 112 cm³/mol. The van der Waals surface area contributed by atoms with Crippen LogP contribution in [-0.2, 0) is 0 Å². The molecule has 8 heteroatoms. The van der Waals surface area contributed by atoms with Gasteiger partial charge < -0.3 is 15.3 Å². The molecule has 0 saturated carbocycles. The Bertz CT molecular complexity index is 1260. The van der Waals surface area contributed by atoms with Crippen molar-refractivity contribution in [1.29, 1.82) is 0 Å². The number of benzene rings is 3. The molecule has 0 aliphatic carbocycles. The Morgan fingerprint density at radius 1 is 0.963 bits per heavy atom. The predicted octanol–water partition coefficient (Wildman–Crippen LogP) is 3.79. The number of carbonyl (C=O) groups is 1. The Labute approximate surface area is 163 Å². The van der Waals surface area contributed by atoms with Gasteiger partial charge >= 0.3 is 5.69 Å². The molecule has 0 aliphatic rings. The lowest BCUT2D eigenvalue weighted by atomic mass is 10.0. The van der Waals surface area contributed by atoms with Gasteiger partial charge in [-0.1, -0.05) is 35.9 Å². The molecule has 134 valence electrons. The zero-order valence-electron chi connectivity index (χ0n) is 13.8. The van der Waals surface area contributed by atoms with Crippen LogP contribution in [0.3, 0.4) is 0 Å². The Balaban J connectivity index is 1.54. The SMILES string of the molecule is O=C(NC(=S)Nc1ccc2[nH]c(=O)[nH]c2c1)c1cccc2c(Cl)cccc12. The summed E-state index contributed by atoms with van der Waals surface area (Å²) >= 11 is 11.4. The molecule has 0 bridgehead atoms. The number of rotatable bonds is 2. The lowest BCUT2D eigenvalue weighted by molar-refractivity contribution is 0.0979. The van der Waals surface area contributed by atoms with Gasteiger partial charge in [-0.05, 0) is 47.9 Å². The summed E-state index contributed by atoms with van der Waals surface area (Å²) in [7, 11) is 0. The third kappa shape index (κ3) is 3.42. The molecule has 1 heterocycles. The smallest absolute Gasteiger partial charge is 0.323 e. The van der Waals surface area contributed by atoms with Gasteiger partial charge in [-0.2, -0.15) is 0 Å². The molecular weight excluding hydrogens is 384 g/mol. The maximum absolute atomic E-state index is 12.7. The van der Waals surface area contributed by atoms with E-state index >= 15 is 0 Å². The first-order valence-corrected chi connectivity index (χ1v) is 8.81. The van der Waals surface area contributed by atoms with Crippen molar-refractivity contribution in [3.63, 3.8) is 0 Å². The van der Waals surface area contributed by atoms with Crippen LogP contribution in [0.25, 0.3) is 21.8 Å². The number of anilines is 1. The monoisotopic (exact) mass is 396 g/mol. The largest absolute Gasteiger partial charge is 0.332 e. The standard InChI is InChI=1S/C19H13ClN4O2S/c20-14-6-2-3-11-12(14)4-1-5-13(11)17(25)24-19(27)21-10-7-8-15-16(9-10)23-18(26)22-15/h1-9H,(H2,22,23,26)(H2,21,24,25,27). The van der Waals surface area contributed by atoms with Crippen LogP contribution in [0.1, 0.15) is 10.4 Å².